The molecule has 16 heavy (non-hydrogen) atoms. The van der Waals surface area contributed by atoms with E-state index in [9.17, 15) is 0 Å². The van der Waals surface area contributed by atoms with Crippen LogP contribution in [0.4, 0.5) is 0 Å². The summed E-state index contributed by atoms with van der Waals surface area (Å²) in [6.07, 6.45) is 0. The van der Waals surface area contributed by atoms with Gasteiger partial charge in [-0.15, -0.1) is 11.3 Å². The summed E-state index contributed by atoms with van der Waals surface area (Å²) in [5, 5.41) is 0. The first-order valence-corrected chi connectivity index (χ1v) is 6.19. The molecule has 0 saturated heterocycles. The van der Waals surface area contributed by atoms with Crippen LogP contribution < -0.4 is 4.74 Å². The smallest absolute Gasteiger partial charge is 0.159 e. The Bertz CT molecular complexity index is 569. The van der Waals surface area contributed by atoms with Crippen LogP contribution in [0.1, 0.15) is 10.4 Å². The van der Waals surface area contributed by atoms with Crippen LogP contribution in [0.25, 0.3) is 11.3 Å². The number of H-pyrrole nitrogens is 1. The molecule has 0 unspecified atom stereocenters. The zero-order valence-electron chi connectivity index (χ0n) is 9.46. The number of rotatable bonds is 2. The minimum atomic E-state index is 0.802. The number of methoxy groups -OCH3 is 1. The Morgan fingerprint density at radius 2 is 2.06 bits per heavy atom. The zero-order valence-corrected chi connectivity index (χ0v) is 11.1. The van der Waals surface area contributed by atoms with E-state index in [1.807, 2.05) is 12.1 Å². The summed E-state index contributed by atoms with van der Waals surface area (Å²) >= 11 is 6.75. The van der Waals surface area contributed by atoms with Gasteiger partial charge in [0.15, 0.2) is 3.95 Å². The van der Waals surface area contributed by atoms with Gasteiger partial charge in [-0.05, 0) is 38.2 Å². The molecule has 2 rings (SSSR count). The second kappa shape index (κ2) is 4.39. The topological polar surface area (TPSA) is 25.0 Å². The van der Waals surface area contributed by atoms with Gasteiger partial charge in [0, 0.05) is 10.4 Å². The molecular weight excluding hydrogens is 238 g/mol. The van der Waals surface area contributed by atoms with Crippen LogP contribution in [0.5, 0.6) is 5.75 Å². The van der Waals surface area contributed by atoms with Gasteiger partial charge in [-0.3, -0.25) is 0 Å². The summed E-state index contributed by atoms with van der Waals surface area (Å²) < 4.78 is 6.17. The van der Waals surface area contributed by atoms with Crippen LogP contribution in [0, 0.1) is 17.8 Å². The number of hydrogen-bond donors (Lipinski definition) is 1. The number of aromatic nitrogens is 1. The van der Waals surface area contributed by atoms with Crippen LogP contribution in [-0.4, -0.2) is 12.1 Å². The highest BCUT2D eigenvalue weighted by Crippen LogP contribution is 2.33. The van der Waals surface area contributed by atoms with E-state index >= 15 is 0 Å². The summed E-state index contributed by atoms with van der Waals surface area (Å²) in [5.74, 6) is 0.873. The van der Waals surface area contributed by atoms with Gasteiger partial charge in [0.05, 0.1) is 12.8 Å². The number of hydrogen-bond acceptors (Lipinski definition) is 3. The van der Waals surface area contributed by atoms with Crippen LogP contribution in [0.15, 0.2) is 18.2 Å². The van der Waals surface area contributed by atoms with Crippen molar-refractivity contribution < 1.29 is 4.74 Å². The Kier molecular flexibility index (Phi) is 3.12. The Morgan fingerprint density at radius 3 is 2.62 bits per heavy atom. The lowest BCUT2D eigenvalue weighted by Gasteiger charge is -2.08. The second-order valence-electron chi connectivity index (χ2n) is 3.65. The third-order valence-corrected chi connectivity index (χ3v) is 3.60. The molecule has 0 spiro atoms. The van der Waals surface area contributed by atoms with Crippen LogP contribution in [0.2, 0.25) is 0 Å². The molecule has 1 heterocycles. The van der Waals surface area contributed by atoms with Gasteiger partial charge in [-0.25, -0.2) is 0 Å². The summed E-state index contributed by atoms with van der Waals surface area (Å²) in [7, 11) is 1.68. The summed E-state index contributed by atoms with van der Waals surface area (Å²) in [5.41, 5.74) is 3.35. The monoisotopic (exact) mass is 251 g/mol. The molecule has 2 nitrogen and oxygen atoms in total. The molecule has 0 saturated carbocycles. The fourth-order valence-electron chi connectivity index (χ4n) is 1.68. The van der Waals surface area contributed by atoms with E-state index in [1.54, 1.807) is 18.4 Å². The highest BCUT2D eigenvalue weighted by Gasteiger charge is 2.10. The fourth-order valence-corrected chi connectivity index (χ4v) is 2.85. The van der Waals surface area contributed by atoms with Crippen molar-refractivity contribution in [2.75, 3.05) is 7.11 Å². The van der Waals surface area contributed by atoms with Crippen LogP contribution in [0.3, 0.4) is 0 Å². The third-order valence-electron chi connectivity index (χ3n) is 2.45. The van der Waals surface area contributed by atoms with Gasteiger partial charge in [-0.2, -0.15) is 0 Å². The van der Waals surface area contributed by atoms with Gasteiger partial charge in [0.25, 0.3) is 0 Å². The molecule has 0 atom stereocenters. The average molecular weight is 251 g/mol. The maximum absolute atomic E-state index is 5.37. The van der Waals surface area contributed by atoms with Gasteiger partial charge in [0.1, 0.15) is 5.75 Å². The highest BCUT2D eigenvalue weighted by molar-refractivity contribution is 7.73. The van der Waals surface area contributed by atoms with Crippen molar-refractivity contribution in [3.8, 4) is 17.0 Å². The molecule has 4 heteroatoms. The molecule has 84 valence electrons. The van der Waals surface area contributed by atoms with E-state index in [0.29, 0.717) is 0 Å². The largest absolute Gasteiger partial charge is 0.496 e. The Morgan fingerprint density at radius 1 is 1.31 bits per heavy atom. The first-order chi connectivity index (χ1) is 7.61. The highest BCUT2D eigenvalue weighted by atomic mass is 32.1. The molecule has 0 bridgehead atoms. The molecule has 1 N–H and O–H groups in total. The lowest BCUT2D eigenvalue weighted by Crippen LogP contribution is -1.90. The average Bonchev–Trinajstić information content (AvgIpc) is 2.57. The molecule has 0 aliphatic carbocycles. The van der Waals surface area contributed by atoms with Gasteiger partial charge >= 0.3 is 0 Å². The molecule has 1 aromatic heterocycles. The van der Waals surface area contributed by atoms with Crippen molar-refractivity contribution in [2.24, 2.45) is 0 Å². The zero-order chi connectivity index (χ0) is 11.7. The fraction of sp³-hybridized carbons (Fsp3) is 0.250. The van der Waals surface area contributed by atoms with E-state index in [4.69, 9.17) is 17.0 Å². The molecule has 2 aromatic rings. The van der Waals surface area contributed by atoms with E-state index in [0.717, 1.165) is 21.0 Å². The van der Waals surface area contributed by atoms with E-state index in [-0.39, 0.29) is 0 Å². The van der Waals surface area contributed by atoms with E-state index in [1.165, 1.54) is 10.4 Å². The molecule has 1 aromatic carbocycles. The summed E-state index contributed by atoms with van der Waals surface area (Å²) in [6, 6.07) is 6.14. The van der Waals surface area contributed by atoms with Gasteiger partial charge in [0.2, 0.25) is 0 Å². The Balaban J connectivity index is 2.67. The van der Waals surface area contributed by atoms with Gasteiger partial charge < -0.3 is 9.72 Å². The van der Waals surface area contributed by atoms with Crippen LogP contribution in [-0.2, 0) is 0 Å². The SMILES string of the molecule is COc1ccc(C)cc1-c1[nH]c(=S)sc1C. The van der Waals surface area contributed by atoms with Crippen molar-refractivity contribution in [1.29, 1.82) is 0 Å². The lowest BCUT2D eigenvalue weighted by molar-refractivity contribution is 0.416. The first-order valence-electron chi connectivity index (χ1n) is 4.96. The summed E-state index contributed by atoms with van der Waals surface area (Å²) in [6.45, 7) is 4.13. The number of ether oxygens (including phenoxy) is 1. The number of thiazole rings is 1. The Hall–Kier alpha value is -1.13. The Labute approximate surface area is 104 Å². The standard InChI is InChI=1S/C12H13NOS2/c1-7-4-5-10(14-3)9(6-7)11-8(2)16-12(15)13-11/h4-6H,1-3H3,(H,13,15). The minimum absolute atomic E-state index is 0.802. The number of nitrogens with one attached hydrogen (secondary N) is 1. The maximum atomic E-state index is 5.37. The predicted molar refractivity (Wildman–Crippen MR) is 71.0 cm³/mol. The molecule has 0 amide bonds. The maximum Gasteiger partial charge on any atom is 0.159 e. The summed E-state index contributed by atoms with van der Waals surface area (Å²) in [4.78, 5) is 4.40. The van der Waals surface area contributed by atoms with Crippen LogP contribution >= 0.6 is 23.6 Å². The second-order valence-corrected chi connectivity index (χ2v) is 5.54. The third kappa shape index (κ3) is 2.03. The van der Waals surface area contributed by atoms with E-state index in [2.05, 4.69) is 24.9 Å². The first kappa shape index (κ1) is 11.4. The molecule has 0 aliphatic heterocycles. The van der Waals surface area contributed by atoms with E-state index < -0.39 is 0 Å². The number of benzene rings is 1. The van der Waals surface area contributed by atoms with Crippen molar-refractivity contribution in [3.05, 3.63) is 32.6 Å². The van der Waals surface area contributed by atoms with Crippen molar-refractivity contribution in [3.63, 3.8) is 0 Å². The number of aromatic amines is 1. The molecular formula is C12H13NOS2. The van der Waals surface area contributed by atoms with Crippen molar-refractivity contribution in [1.82, 2.24) is 4.98 Å². The predicted octanol–water partition coefficient (Wildman–Crippen LogP) is 4.10. The lowest BCUT2D eigenvalue weighted by atomic mass is 10.1. The van der Waals surface area contributed by atoms with Crippen molar-refractivity contribution in [2.45, 2.75) is 13.8 Å². The van der Waals surface area contributed by atoms with Crippen molar-refractivity contribution >= 4 is 23.6 Å². The minimum Gasteiger partial charge on any atom is -0.496 e. The number of aryl methyl sites for hydroxylation is 2. The molecule has 0 fully saturated rings. The van der Waals surface area contributed by atoms with Gasteiger partial charge in [-0.1, -0.05) is 11.6 Å². The molecule has 0 radical (unpaired) electrons. The molecule has 0 aliphatic rings. The quantitative estimate of drug-likeness (QED) is 0.813. The normalized spacial score (nSPS) is 10.4.